The highest BCUT2D eigenvalue weighted by Gasteiger charge is 2.29. The molecule has 3 nitrogen and oxygen atoms in total. The molecule has 1 amide bonds. The highest BCUT2D eigenvalue weighted by molar-refractivity contribution is 7.98. The number of amides is 1. The van der Waals surface area contributed by atoms with Crippen LogP contribution in [0, 0.1) is 11.8 Å². The molecule has 1 aliphatic heterocycles. The first-order valence-corrected chi connectivity index (χ1v) is 7.97. The van der Waals surface area contributed by atoms with Crippen LogP contribution in [0.3, 0.4) is 0 Å². The van der Waals surface area contributed by atoms with Crippen molar-refractivity contribution in [3.8, 4) is 0 Å². The summed E-state index contributed by atoms with van der Waals surface area (Å²) in [6.45, 7) is 6.32. The van der Waals surface area contributed by atoms with Crippen LogP contribution in [0.2, 0.25) is 0 Å². The van der Waals surface area contributed by atoms with Crippen LogP contribution >= 0.6 is 11.8 Å². The van der Waals surface area contributed by atoms with Crippen molar-refractivity contribution < 1.29 is 4.79 Å². The predicted octanol–water partition coefficient (Wildman–Crippen LogP) is 1.96. The molecule has 0 saturated carbocycles. The number of carbonyl (C=O) groups excluding carboxylic acids is 1. The first-order chi connectivity index (χ1) is 8.04. The van der Waals surface area contributed by atoms with Gasteiger partial charge in [-0.05, 0) is 43.1 Å². The fourth-order valence-electron chi connectivity index (χ4n) is 2.49. The van der Waals surface area contributed by atoms with Gasteiger partial charge in [0.05, 0.1) is 6.04 Å². The molecule has 1 rings (SSSR count). The molecular weight excluding hydrogens is 232 g/mol. The van der Waals surface area contributed by atoms with E-state index in [1.54, 1.807) is 11.8 Å². The Hall–Kier alpha value is -0.220. The maximum absolute atomic E-state index is 12.1. The second kappa shape index (κ2) is 7.27. The highest BCUT2D eigenvalue weighted by atomic mass is 32.2. The third-order valence-electron chi connectivity index (χ3n) is 3.35. The molecule has 0 aromatic heterocycles. The van der Waals surface area contributed by atoms with Gasteiger partial charge in [0.2, 0.25) is 5.91 Å². The average Bonchev–Trinajstić information content (AvgIpc) is 2.72. The lowest BCUT2D eigenvalue weighted by molar-refractivity contribution is -0.131. The maximum Gasteiger partial charge on any atom is 0.239 e. The lowest BCUT2D eigenvalue weighted by Crippen LogP contribution is -2.43. The van der Waals surface area contributed by atoms with E-state index >= 15 is 0 Å². The number of nitrogens with zero attached hydrogens (tertiary/aromatic N) is 1. The largest absolute Gasteiger partial charge is 0.341 e. The van der Waals surface area contributed by atoms with Gasteiger partial charge in [0.1, 0.15) is 0 Å². The number of likely N-dealkylation sites (tertiary alicyclic amines) is 1. The van der Waals surface area contributed by atoms with Gasteiger partial charge >= 0.3 is 0 Å². The molecular formula is C13H26N2OS. The molecule has 0 radical (unpaired) electrons. The van der Waals surface area contributed by atoms with E-state index in [0.717, 1.165) is 37.6 Å². The van der Waals surface area contributed by atoms with Crippen molar-refractivity contribution in [1.29, 1.82) is 0 Å². The van der Waals surface area contributed by atoms with E-state index in [-0.39, 0.29) is 11.9 Å². The van der Waals surface area contributed by atoms with Crippen molar-refractivity contribution in [3.05, 3.63) is 0 Å². The van der Waals surface area contributed by atoms with E-state index in [4.69, 9.17) is 5.73 Å². The zero-order valence-corrected chi connectivity index (χ0v) is 12.1. The smallest absolute Gasteiger partial charge is 0.239 e. The molecule has 0 aromatic carbocycles. The Morgan fingerprint density at radius 2 is 2.24 bits per heavy atom. The summed E-state index contributed by atoms with van der Waals surface area (Å²) in [6, 6.07) is -0.291. The number of carbonyl (C=O) groups is 1. The topological polar surface area (TPSA) is 46.3 Å². The van der Waals surface area contributed by atoms with Crippen LogP contribution in [-0.2, 0) is 4.79 Å². The highest BCUT2D eigenvalue weighted by Crippen LogP contribution is 2.23. The van der Waals surface area contributed by atoms with Crippen molar-refractivity contribution >= 4 is 17.7 Å². The fraction of sp³-hybridized carbons (Fsp3) is 0.923. The lowest BCUT2D eigenvalue weighted by atomic mass is 9.97. The predicted molar refractivity (Wildman–Crippen MR) is 75.1 cm³/mol. The monoisotopic (exact) mass is 258 g/mol. The van der Waals surface area contributed by atoms with E-state index < -0.39 is 0 Å². The molecule has 1 fully saturated rings. The SMILES string of the molecule is CSCC[C@H](N)C(=O)N1CCC(CC(C)C)C1. The van der Waals surface area contributed by atoms with E-state index in [9.17, 15) is 4.79 Å². The Labute approximate surface area is 109 Å². The number of hydrogen-bond acceptors (Lipinski definition) is 3. The van der Waals surface area contributed by atoms with Crippen molar-refractivity contribution in [3.63, 3.8) is 0 Å². The molecule has 0 spiro atoms. The minimum absolute atomic E-state index is 0.158. The van der Waals surface area contributed by atoms with E-state index in [1.807, 2.05) is 11.2 Å². The molecule has 100 valence electrons. The normalized spacial score (nSPS) is 22.2. The van der Waals surface area contributed by atoms with Gasteiger partial charge in [-0.25, -0.2) is 0 Å². The summed E-state index contributed by atoms with van der Waals surface area (Å²) < 4.78 is 0. The first kappa shape index (κ1) is 14.8. The molecule has 1 saturated heterocycles. The second-order valence-corrected chi connectivity index (χ2v) is 6.44. The van der Waals surface area contributed by atoms with Crippen LogP contribution in [0.25, 0.3) is 0 Å². The third kappa shape index (κ3) is 4.88. The second-order valence-electron chi connectivity index (χ2n) is 5.46. The zero-order valence-electron chi connectivity index (χ0n) is 11.3. The number of nitrogens with two attached hydrogens (primary N) is 1. The molecule has 4 heteroatoms. The third-order valence-corrected chi connectivity index (χ3v) is 4.00. The minimum Gasteiger partial charge on any atom is -0.341 e. The van der Waals surface area contributed by atoms with Crippen LogP contribution in [0.15, 0.2) is 0 Å². The van der Waals surface area contributed by atoms with Crippen LogP contribution < -0.4 is 5.73 Å². The van der Waals surface area contributed by atoms with E-state index in [1.165, 1.54) is 6.42 Å². The standard InChI is InChI=1S/C13H26N2OS/c1-10(2)8-11-4-6-15(9-11)13(16)12(14)5-7-17-3/h10-12H,4-9,14H2,1-3H3/t11?,12-/m0/s1. The summed E-state index contributed by atoms with van der Waals surface area (Å²) in [7, 11) is 0. The molecule has 0 aliphatic carbocycles. The summed E-state index contributed by atoms with van der Waals surface area (Å²) in [5.74, 6) is 2.54. The Kier molecular flexibility index (Phi) is 6.34. The number of hydrogen-bond donors (Lipinski definition) is 1. The first-order valence-electron chi connectivity index (χ1n) is 6.58. The summed E-state index contributed by atoms with van der Waals surface area (Å²) in [5.41, 5.74) is 5.93. The molecule has 2 atom stereocenters. The van der Waals surface area contributed by atoms with Gasteiger partial charge in [0.15, 0.2) is 0 Å². The molecule has 1 heterocycles. The Bertz CT molecular complexity index is 246. The Balaban J connectivity index is 2.34. The number of rotatable bonds is 6. The van der Waals surface area contributed by atoms with E-state index in [2.05, 4.69) is 13.8 Å². The van der Waals surface area contributed by atoms with E-state index in [0.29, 0.717) is 5.92 Å². The van der Waals surface area contributed by atoms with Crippen molar-refractivity contribution in [2.75, 3.05) is 25.1 Å². The van der Waals surface area contributed by atoms with Crippen LogP contribution in [0.5, 0.6) is 0 Å². The van der Waals surface area contributed by atoms with Crippen LogP contribution in [0.4, 0.5) is 0 Å². The summed E-state index contributed by atoms with van der Waals surface area (Å²) in [6.07, 6.45) is 5.22. The lowest BCUT2D eigenvalue weighted by Gasteiger charge is -2.21. The van der Waals surface area contributed by atoms with Gasteiger partial charge in [-0.3, -0.25) is 4.79 Å². The molecule has 1 aliphatic rings. The fourth-order valence-corrected chi connectivity index (χ4v) is 2.98. The summed E-state index contributed by atoms with van der Waals surface area (Å²) in [5, 5.41) is 0. The van der Waals surface area contributed by atoms with Gasteiger partial charge < -0.3 is 10.6 Å². The number of thioether (sulfide) groups is 1. The van der Waals surface area contributed by atoms with Crippen molar-refractivity contribution in [2.45, 2.75) is 39.2 Å². The minimum atomic E-state index is -0.291. The molecule has 17 heavy (non-hydrogen) atoms. The molecule has 0 aromatic rings. The van der Waals surface area contributed by atoms with Gasteiger partial charge in [-0.2, -0.15) is 11.8 Å². The average molecular weight is 258 g/mol. The Morgan fingerprint density at radius 3 is 2.82 bits per heavy atom. The summed E-state index contributed by atoms with van der Waals surface area (Å²) >= 11 is 1.75. The van der Waals surface area contributed by atoms with Gasteiger partial charge in [0, 0.05) is 13.1 Å². The van der Waals surface area contributed by atoms with Crippen molar-refractivity contribution in [1.82, 2.24) is 4.90 Å². The van der Waals surface area contributed by atoms with Gasteiger partial charge in [-0.1, -0.05) is 13.8 Å². The molecule has 0 bridgehead atoms. The summed E-state index contributed by atoms with van der Waals surface area (Å²) in [4.78, 5) is 14.0. The van der Waals surface area contributed by atoms with Gasteiger partial charge in [-0.15, -0.1) is 0 Å². The molecule has 2 N–H and O–H groups in total. The van der Waals surface area contributed by atoms with Gasteiger partial charge in [0.25, 0.3) is 0 Å². The zero-order chi connectivity index (χ0) is 12.8. The maximum atomic E-state index is 12.1. The van der Waals surface area contributed by atoms with Crippen LogP contribution in [0.1, 0.15) is 33.1 Å². The Morgan fingerprint density at radius 1 is 1.53 bits per heavy atom. The van der Waals surface area contributed by atoms with Crippen LogP contribution in [-0.4, -0.2) is 41.9 Å². The van der Waals surface area contributed by atoms with Crippen molar-refractivity contribution in [2.24, 2.45) is 17.6 Å². The molecule has 1 unspecified atom stereocenters. The quantitative estimate of drug-likeness (QED) is 0.792.